The van der Waals surface area contributed by atoms with Gasteiger partial charge in [-0.15, -0.1) is 0 Å². The Morgan fingerprint density at radius 2 is 2.17 bits per heavy atom. The van der Waals surface area contributed by atoms with E-state index in [0.717, 1.165) is 17.5 Å². The number of carbonyl (C=O) groups is 1. The zero-order valence-electron chi connectivity index (χ0n) is 7.66. The Hall–Kier alpha value is -1.18. The van der Waals surface area contributed by atoms with Gasteiger partial charge in [0.2, 0.25) is 0 Å². The molecule has 0 amide bonds. The van der Waals surface area contributed by atoms with Gasteiger partial charge in [0.1, 0.15) is 6.29 Å². The molecule has 2 nitrogen and oxygen atoms in total. The first kappa shape index (κ1) is 8.91. The maximum absolute atomic E-state index is 10.7. The number of hydrogen-bond acceptors (Lipinski definition) is 2. The minimum absolute atomic E-state index is 0.395. The molecule has 1 rings (SSSR count). The average Bonchev–Trinajstić information content (AvgIpc) is 2.05. The third-order valence-electron chi connectivity index (χ3n) is 1.94. The Balaban J connectivity index is 3.11. The van der Waals surface area contributed by atoms with Gasteiger partial charge in [0.15, 0.2) is 0 Å². The molecule has 0 unspecified atom stereocenters. The topological polar surface area (TPSA) is 30.0 Å². The summed E-state index contributed by atoms with van der Waals surface area (Å²) in [4.78, 5) is 14.8. The molecule has 0 aliphatic rings. The quantitative estimate of drug-likeness (QED) is 0.623. The van der Waals surface area contributed by atoms with Crippen LogP contribution in [0.15, 0.2) is 18.3 Å². The molecule has 64 valence electrons. The number of aryl methyl sites for hydroxylation is 1. The summed E-state index contributed by atoms with van der Waals surface area (Å²) in [6, 6.07) is 3.82. The predicted octanol–water partition coefficient (Wildman–Crippen LogP) is 1.87. The first-order chi connectivity index (χ1) is 5.56. The van der Waals surface area contributed by atoms with Gasteiger partial charge < -0.3 is 4.79 Å². The lowest BCUT2D eigenvalue weighted by Gasteiger charge is -2.16. The molecule has 1 heterocycles. The molecule has 0 aliphatic heterocycles. The van der Waals surface area contributed by atoms with Crippen molar-refractivity contribution < 1.29 is 4.79 Å². The van der Waals surface area contributed by atoms with Crippen LogP contribution in [0.2, 0.25) is 0 Å². The number of pyridine rings is 1. The zero-order valence-corrected chi connectivity index (χ0v) is 7.66. The Labute approximate surface area is 72.6 Å². The summed E-state index contributed by atoms with van der Waals surface area (Å²) in [5, 5.41) is 0. The van der Waals surface area contributed by atoms with E-state index in [-0.39, 0.29) is 0 Å². The Morgan fingerprint density at radius 3 is 2.67 bits per heavy atom. The largest absolute Gasteiger partial charge is 0.302 e. The number of aldehydes is 1. The summed E-state index contributed by atoms with van der Waals surface area (Å²) < 4.78 is 0. The number of nitrogens with zero attached hydrogens (tertiary/aromatic N) is 1. The van der Waals surface area contributed by atoms with Crippen LogP contribution in [0, 0.1) is 6.92 Å². The highest BCUT2D eigenvalue weighted by Gasteiger charge is 2.18. The molecule has 0 aromatic carbocycles. The van der Waals surface area contributed by atoms with Crippen LogP contribution in [-0.2, 0) is 10.2 Å². The van der Waals surface area contributed by atoms with Gasteiger partial charge in [-0.3, -0.25) is 4.98 Å². The highest BCUT2D eigenvalue weighted by Crippen LogP contribution is 2.19. The van der Waals surface area contributed by atoms with Crippen molar-refractivity contribution >= 4 is 6.29 Å². The van der Waals surface area contributed by atoms with Gasteiger partial charge in [-0.25, -0.2) is 0 Å². The van der Waals surface area contributed by atoms with Gasteiger partial charge in [-0.05, 0) is 38.5 Å². The molecular weight excluding hydrogens is 150 g/mol. The van der Waals surface area contributed by atoms with E-state index in [2.05, 4.69) is 4.98 Å². The van der Waals surface area contributed by atoms with Crippen molar-refractivity contribution in [1.82, 2.24) is 4.98 Å². The lowest BCUT2D eigenvalue weighted by Crippen LogP contribution is -2.18. The summed E-state index contributed by atoms with van der Waals surface area (Å²) in [5.41, 5.74) is 1.57. The third kappa shape index (κ3) is 1.70. The lowest BCUT2D eigenvalue weighted by atomic mass is 9.87. The average molecular weight is 163 g/mol. The first-order valence-electron chi connectivity index (χ1n) is 3.96. The summed E-state index contributed by atoms with van der Waals surface area (Å²) in [6.45, 7) is 5.72. The maximum Gasteiger partial charge on any atom is 0.129 e. The lowest BCUT2D eigenvalue weighted by molar-refractivity contribution is -0.111. The Morgan fingerprint density at radius 1 is 1.50 bits per heavy atom. The second-order valence-electron chi connectivity index (χ2n) is 3.53. The second-order valence-corrected chi connectivity index (χ2v) is 3.53. The van der Waals surface area contributed by atoms with Crippen molar-refractivity contribution in [1.29, 1.82) is 0 Å². The maximum atomic E-state index is 10.7. The zero-order chi connectivity index (χ0) is 9.19. The van der Waals surface area contributed by atoms with Gasteiger partial charge in [0.05, 0.1) is 0 Å². The van der Waals surface area contributed by atoms with E-state index in [1.807, 2.05) is 32.9 Å². The molecule has 0 saturated heterocycles. The highest BCUT2D eigenvalue weighted by atomic mass is 16.1. The summed E-state index contributed by atoms with van der Waals surface area (Å²) >= 11 is 0. The molecule has 0 bridgehead atoms. The second kappa shape index (κ2) is 3.05. The van der Waals surface area contributed by atoms with Crippen molar-refractivity contribution in [2.24, 2.45) is 0 Å². The van der Waals surface area contributed by atoms with Crippen LogP contribution in [0.5, 0.6) is 0 Å². The summed E-state index contributed by atoms with van der Waals surface area (Å²) in [7, 11) is 0. The van der Waals surface area contributed by atoms with Crippen molar-refractivity contribution in [3.63, 3.8) is 0 Å². The van der Waals surface area contributed by atoms with E-state index >= 15 is 0 Å². The van der Waals surface area contributed by atoms with E-state index in [4.69, 9.17) is 0 Å². The molecule has 0 spiro atoms. The standard InChI is InChI=1S/C10H13NO/c1-8-6-9(4-5-11-8)10(2,3)7-12/h4-7H,1-3H3. The van der Waals surface area contributed by atoms with E-state index in [1.54, 1.807) is 6.20 Å². The van der Waals surface area contributed by atoms with Crippen LogP contribution in [0.25, 0.3) is 0 Å². The highest BCUT2D eigenvalue weighted by molar-refractivity contribution is 5.66. The monoisotopic (exact) mass is 163 g/mol. The first-order valence-corrected chi connectivity index (χ1v) is 3.96. The van der Waals surface area contributed by atoms with Crippen LogP contribution < -0.4 is 0 Å². The van der Waals surface area contributed by atoms with Crippen molar-refractivity contribution in [2.75, 3.05) is 0 Å². The molecule has 2 heteroatoms. The van der Waals surface area contributed by atoms with Crippen molar-refractivity contribution in [3.8, 4) is 0 Å². The van der Waals surface area contributed by atoms with Crippen LogP contribution in [0.4, 0.5) is 0 Å². The molecule has 0 atom stereocenters. The third-order valence-corrected chi connectivity index (χ3v) is 1.94. The van der Waals surface area contributed by atoms with Crippen LogP contribution in [0.1, 0.15) is 25.1 Å². The summed E-state index contributed by atoms with van der Waals surface area (Å²) in [6.07, 6.45) is 2.69. The molecule has 0 radical (unpaired) electrons. The van der Waals surface area contributed by atoms with Crippen LogP contribution >= 0.6 is 0 Å². The number of rotatable bonds is 2. The molecule has 0 aliphatic carbocycles. The van der Waals surface area contributed by atoms with E-state index < -0.39 is 5.41 Å². The fraction of sp³-hybridized carbons (Fsp3) is 0.400. The minimum Gasteiger partial charge on any atom is -0.302 e. The summed E-state index contributed by atoms with van der Waals surface area (Å²) in [5.74, 6) is 0. The fourth-order valence-corrected chi connectivity index (χ4v) is 1.01. The minimum atomic E-state index is -0.395. The Bertz CT molecular complexity index is 292. The van der Waals surface area contributed by atoms with Crippen molar-refractivity contribution in [2.45, 2.75) is 26.2 Å². The van der Waals surface area contributed by atoms with Gasteiger partial charge in [0.25, 0.3) is 0 Å². The molecule has 0 N–H and O–H groups in total. The van der Waals surface area contributed by atoms with E-state index in [9.17, 15) is 4.79 Å². The van der Waals surface area contributed by atoms with Crippen molar-refractivity contribution in [3.05, 3.63) is 29.6 Å². The predicted molar refractivity (Wildman–Crippen MR) is 48.1 cm³/mol. The molecular formula is C10H13NO. The molecule has 1 aromatic heterocycles. The smallest absolute Gasteiger partial charge is 0.129 e. The van der Waals surface area contributed by atoms with Gasteiger partial charge in [-0.2, -0.15) is 0 Å². The van der Waals surface area contributed by atoms with E-state index in [0.29, 0.717) is 0 Å². The normalized spacial score (nSPS) is 11.2. The fourth-order valence-electron chi connectivity index (χ4n) is 1.01. The number of hydrogen-bond donors (Lipinski definition) is 0. The van der Waals surface area contributed by atoms with Gasteiger partial charge >= 0.3 is 0 Å². The van der Waals surface area contributed by atoms with E-state index in [1.165, 1.54) is 0 Å². The van der Waals surface area contributed by atoms with Gasteiger partial charge in [-0.1, -0.05) is 0 Å². The van der Waals surface area contributed by atoms with Crippen LogP contribution in [-0.4, -0.2) is 11.3 Å². The number of aromatic nitrogens is 1. The molecule has 12 heavy (non-hydrogen) atoms. The molecule has 0 saturated carbocycles. The molecule has 0 fully saturated rings. The van der Waals surface area contributed by atoms with Gasteiger partial charge in [0, 0.05) is 17.3 Å². The molecule has 1 aromatic rings. The van der Waals surface area contributed by atoms with Crippen LogP contribution in [0.3, 0.4) is 0 Å². The SMILES string of the molecule is Cc1cc(C(C)(C)C=O)ccn1. The number of carbonyl (C=O) groups excluding carboxylic acids is 1. The Kier molecular flexibility index (Phi) is 2.27.